The highest BCUT2D eigenvalue weighted by Crippen LogP contribution is 2.43. The van der Waals surface area contributed by atoms with E-state index in [0.29, 0.717) is 40.0 Å². The molecule has 0 unspecified atom stereocenters. The van der Waals surface area contributed by atoms with Crippen molar-refractivity contribution in [3.63, 3.8) is 0 Å². The number of carbonyl (C=O) groups excluding carboxylic acids is 1. The maximum absolute atomic E-state index is 12.9. The van der Waals surface area contributed by atoms with Gasteiger partial charge in [0.25, 0.3) is 0 Å². The van der Waals surface area contributed by atoms with Gasteiger partial charge in [-0.1, -0.05) is 30.3 Å². The van der Waals surface area contributed by atoms with E-state index >= 15 is 0 Å². The van der Waals surface area contributed by atoms with Crippen molar-refractivity contribution in [3.8, 4) is 11.5 Å². The second kappa shape index (κ2) is 8.90. The van der Waals surface area contributed by atoms with Crippen molar-refractivity contribution < 1.29 is 23.8 Å². The van der Waals surface area contributed by atoms with E-state index < -0.39 is 11.7 Å². The lowest BCUT2D eigenvalue weighted by Gasteiger charge is -2.33. The topological polar surface area (TPSA) is 98.0 Å². The van der Waals surface area contributed by atoms with Crippen molar-refractivity contribution in [1.82, 2.24) is 5.32 Å². The van der Waals surface area contributed by atoms with Gasteiger partial charge in [0.2, 0.25) is 5.91 Å². The lowest BCUT2D eigenvalue weighted by atomic mass is 9.91. The molecule has 1 aliphatic heterocycles. The molecule has 3 aromatic rings. The van der Waals surface area contributed by atoms with Gasteiger partial charge in [-0.3, -0.25) is 4.79 Å². The molecule has 0 bridgehead atoms. The van der Waals surface area contributed by atoms with E-state index in [2.05, 4.69) is 5.32 Å². The number of amides is 1. The summed E-state index contributed by atoms with van der Waals surface area (Å²) in [6.45, 7) is 5.88. The second-order valence-corrected chi connectivity index (χ2v) is 9.02. The molecule has 7 nitrogen and oxygen atoms in total. The van der Waals surface area contributed by atoms with Crippen LogP contribution in [0.3, 0.4) is 0 Å². The van der Waals surface area contributed by atoms with Crippen LogP contribution in [0.5, 0.6) is 11.5 Å². The number of aliphatic hydroxyl groups excluding tert-OH is 1. The Morgan fingerprint density at radius 1 is 1.27 bits per heavy atom. The summed E-state index contributed by atoms with van der Waals surface area (Å²) < 4.78 is 17.4. The Labute approximate surface area is 192 Å². The fourth-order valence-corrected chi connectivity index (χ4v) is 4.27. The number of aryl methyl sites for hydroxylation is 2. The van der Waals surface area contributed by atoms with Gasteiger partial charge < -0.3 is 24.3 Å². The van der Waals surface area contributed by atoms with E-state index in [-0.39, 0.29) is 30.0 Å². The van der Waals surface area contributed by atoms with E-state index in [1.165, 1.54) is 0 Å². The highest BCUT2D eigenvalue weighted by molar-refractivity contribution is 5.93. The third-order valence-corrected chi connectivity index (χ3v) is 6.17. The molecule has 0 fully saturated rings. The maximum atomic E-state index is 12.9. The molecular formula is C26H29NO6. The average molecular weight is 452 g/mol. The molecule has 7 heteroatoms. The van der Waals surface area contributed by atoms with Crippen molar-refractivity contribution in [3.05, 3.63) is 69.1 Å². The van der Waals surface area contributed by atoms with Crippen molar-refractivity contribution >= 4 is 16.9 Å². The van der Waals surface area contributed by atoms with Gasteiger partial charge in [0.1, 0.15) is 22.7 Å². The molecule has 0 spiro atoms. The number of hydrogen-bond acceptors (Lipinski definition) is 6. The summed E-state index contributed by atoms with van der Waals surface area (Å²) >= 11 is 0. The smallest absolute Gasteiger partial charge is 0.340 e. The Morgan fingerprint density at radius 2 is 2.00 bits per heavy atom. The van der Waals surface area contributed by atoms with Crippen molar-refractivity contribution in [2.24, 2.45) is 0 Å². The van der Waals surface area contributed by atoms with Gasteiger partial charge in [-0.2, -0.15) is 0 Å². The number of benzene rings is 2. The van der Waals surface area contributed by atoms with Gasteiger partial charge >= 0.3 is 5.63 Å². The first-order chi connectivity index (χ1) is 15.7. The molecule has 0 saturated carbocycles. The number of ether oxygens (including phenoxy) is 2. The first-order valence-corrected chi connectivity index (χ1v) is 11.0. The zero-order chi connectivity index (χ0) is 23.8. The molecule has 1 aromatic heterocycles. The Balaban J connectivity index is 1.62. The molecule has 4 rings (SSSR count). The van der Waals surface area contributed by atoms with E-state index in [4.69, 9.17) is 13.9 Å². The third kappa shape index (κ3) is 4.59. The van der Waals surface area contributed by atoms with Crippen LogP contribution >= 0.6 is 0 Å². The third-order valence-electron chi connectivity index (χ3n) is 6.17. The average Bonchev–Trinajstić information content (AvgIpc) is 2.79. The molecule has 2 N–H and O–H groups in total. The standard InChI is InChI=1S/C26H29NO6/c1-15-18(12-22(29)27-14-19(28)16-8-6-5-7-9-16)25(30)32-24-17-10-11-26(2,3)33-20(17)13-21(31-4)23(15)24/h5-9,13,19,28H,10-12,14H2,1-4H3,(H,27,29)/t19-/m1/s1. The van der Waals surface area contributed by atoms with Gasteiger partial charge in [-0.25, -0.2) is 4.79 Å². The van der Waals surface area contributed by atoms with Crippen molar-refractivity contribution in [2.45, 2.75) is 51.7 Å². The number of fused-ring (bicyclic) bond motifs is 3. The first kappa shape index (κ1) is 22.9. The molecule has 174 valence electrons. The molecule has 1 amide bonds. The fraction of sp³-hybridized carbons (Fsp3) is 0.385. The summed E-state index contributed by atoms with van der Waals surface area (Å²) in [7, 11) is 1.55. The zero-order valence-electron chi connectivity index (χ0n) is 19.4. The minimum atomic E-state index is -0.833. The van der Waals surface area contributed by atoms with Crippen LogP contribution in [0.2, 0.25) is 0 Å². The molecular weight excluding hydrogens is 422 g/mol. The van der Waals surface area contributed by atoms with Gasteiger partial charge in [-0.15, -0.1) is 0 Å². The monoisotopic (exact) mass is 451 g/mol. The van der Waals surface area contributed by atoms with Gasteiger partial charge in [-0.05, 0) is 44.7 Å². The molecule has 0 aliphatic carbocycles. The molecule has 33 heavy (non-hydrogen) atoms. The fourth-order valence-electron chi connectivity index (χ4n) is 4.27. The number of aliphatic hydroxyl groups is 1. The summed E-state index contributed by atoms with van der Waals surface area (Å²) in [6.07, 6.45) is 0.510. The number of rotatable bonds is 6. The van der Waals surface area contributed by atoms with Gasteiger partial charge in [0.15, 0.2) is 0 Å². The molecule has 2 aromatic carbocycles. The Morgan fingerprint density at radius 3 is 2.70 bits per heavy atom. The van der Waals surface area contributed by atoms with Crippen LogP contribution in [0.1, 0.15) is 48.6 Å². The maximum Gasteiger partial charge on any atom is 0.340 e. The number of hydrogen-bond donors (Lipinski definition) is 2. The SMILES string of the molecule is COc1cc2c(c3oc(=O)c(CC(=O)NC[C@@H](O)c4ccccc4)c(C)c13)CCC(C)(C)O2. The summed E-state index contributed by atoms with van der Waals surface area (Å²) in [5.74, 6) is 0.809. The number of nitrogens with one attached hydrogen (secondary N) is 1. The first-order valence-electron chi connectivity index (χ1n) is 11.0. The Bertz CT molecular complexity index is 1250. The van der Waals surface area contributed by atoms with Crippen LogP contribution in [-0.2, 0) is 17.6 Å². The normalized spacial score (nSPS) is 15.4. The number of carbonyl (C=O) groups is 1. The Kier molecular flexibility index (Phi) is 6.17. The summed E-state index contributed by atoms with van der Waals surface area (Å²) in [5, 5.41) is 13.7. The van der Waals surface area contributed by atoms with Crippen LogP contribution < -0.4 is 20.4 Å². The zero-order valence-corrected chi connectivity index (χ0v) is 19.4. The van der Waals surface area contributed by atoms with Crippen molar-refractivity contribution in [2.75, 3.05) is 13.7 Å². The minimum Gasteiger partial charge on any atom is -0.496 e. The largest absolute Gasteiger partial charge is 0.496 e. The second-order valence-electron chi connectivity index (χ2n) is 9.02. The van der Waals surface area contributed by atoms with E-state index in [1.54, 1.807) is 26.2 Å². The highest BCUT2D eigenvalue weighted by atomic mass is 16.5. The van der Waals surface area contributed by atoms with Crippen LogP contribution in [-0.4, -0.2) is 30.3 Å². The van der Waals surface area contributed by atoms with Crippen molar-refractivity contribution in [1.29, 1.82) is 0 Å². The van der Waals surface area contributed by atoms with Gasteiger partial charge in [0.05, 0.1) is 30.6 Å². The molecule has 1 aliphatic rings. The van der Waals surface area contributed by atoms with Crippen LogP contribution in [0.15, 0.2) is 45.6 Å². The predicted octanol–water partition coefficient (Wildman–Crippen LogP) is 3.61. The minimum absolute atomic E-state index is 0.0464. The quantitative estimate of drug-likeness (QED) is 0.556. The summed E-state index contributed by atoms with van der Waals surface area (Å²) in [6, 6.07) is 10.9. The molecule has 2 heterocycles. The van der Waals surface area contributed by atoms with Crippen LogP contribution in [0.4, 0.5) is 0 Å². The van der Waals surface area contributed by atoms with Crippen LogP contribution in [0, 0.1) is 6.92 Å². The van der Waals surface area contributed by atoms with E-state index in [9.17, 15) is 14.7 Å². The number of methoxy groups -OCH3 is 1. The molecule has 0 saturated heterocycles. The highest BCUT2D eigenvalue weighted by Gasteiger charge is 2.31. The summed E-state index contributed by atoms with van der Waals surface area (Å²) in [4.78, 5) is 25.5. The Hall–Kier alpha value is -3.32. The summed E-state index contributed by atoms with van der Waals surface area (Å²) in [5.41, 5.74) is 2.04. The van der Waals surface area contributed by atoms with Gasteiger partial charge in [0, 0.05) is 18.2 Å². The van der Waals surface area contributed by atoms with E-state index in [0.717, 1.165) is 12.0 Å². The molecule has 1 atom stereocenters. The van der Waals surface area contributed by atoms with Crippen LogP contribution in [0.25, 0.3) is 11.0 Å². The lowest BCUT2D eigenvalue weighted by Crippen LogP contribution is -2.33. The molecule has 0 radical (unpaired) electrons. The predicted molar refractivity (Wildman–Crippen MR) is 125 cm³/mol. The lowest BCUT2D eigenvalue weighted by molar-refractivity contribution is -0.120. The van der Waals surface area contributed by atoms with E-state index in [1.807, 2.05) is 38.1 Å².